The largest absolute Gasteiger partial charge is 0.496 e. The molecule has 4 heteroatoms. The molecule has 1 aliphatic rings. The first-order chi connectivity index (χ1) is 15.2. The van der Waals surface area contributed by atoms with E-state index >= 15 is 0 Å². The van der Waals surface area contributed by atoms with Crippen molar-refractivity contribution in [1.29, 1.82) is 0 Å². The lowest BCUT2D eigenvalue weighted by atomic mass is 9.85. The van der Waals surface area contributed by atoms with Gasteiger partial charge < -0.3 is 14.8 Å². The molecule has 3 nitrogen and oxygen atoms in total. The summed E-state index contributed by atoms with van der Waals surface area (Å²) in [4.78, 5) is 0. The van der Waals surface area contributed by atoms with Crippen LogP contribution in [0.25, 0.3) is 16.7 Å². The SMILES string of the molecule is COc1ccc(C)cc1-c1ccc2c(c1COc1cc(F)ccc1C)C(C)=CC(C)(C)N2. The van der Waals surface area contributed by atoms with Gasteiger partial charge in [0.2, 0.25) is 0 Å². The normalized spacial score (nSPS) is 14.3. The molecule has 1 heterocycles. The molecular formula is C28H30FNO2. The first-order valence-corrected chi connectivity index (χ1v) is 10.9. The van der Waals surface area contributed by atoms with Gasteiger partial charge in [0.15, 0.2) is 0 Å². The predicted molar refractivity (Wildman–Crippen MR) is 130 cm³/mol. The molecule has 0 saturated carbocycles. The standard InChI is InChI=1S/C28H30FNO2/c1-17-7-12-25(31-6)22(13-17)21-10-11-24-27(19(3)15-28(4,5)30-24)23(21)16-32-26-14-20(29)9-8-18(26)2/h7-15,30H,16H2,1-6H3. The summed E-state index contributed by atoms with van der Waals surface area (Å²) in [6, 6.07) is 15.1. The van der Waals surface area contributed by atoms with Gasteiger partial charge in [0, 0.05) is 28.4 Å². The van der Waals surface area contributed by atoms with E-state index in [1.807, 2.05) is 19.1 Å². The third kappa shape index (κ3) is 4.22. The monoisotopic (exact) mass is 431 g/mol. The maximum absolute atomic E-state index is 13.9. The van der Waals surface area contributed by atoms with Crippen LogP contribution in [-0.2, 0) is 6.61 Å². The molecule has 4 rings (SSSR count). The van der Waals surface area contributed by atoms with Crippen molar-refractivity contribution < 1.29 is 13.9 Å². The first kappa shape index (κ1) is 21.9. The molecule has 1 aliphatic heterocycles. The molecule has 0 unspecified atom stereocenters. The van der Waals surface area contributed by atoms with Gasteiger partial charge in [0.25, 0.3) is 0 Å². The van der Waals surface area contributed by atoms with E-state index < -0.39 is 0 Å². The Balaban J connectivity index is 1.89. The quantitative estimate of drug-likeness (QED) is 0.460. The van der Waals surface area contributed by atoms with E-state index in [0.29, 0.717) is 12.4 Å². The Morgan fingerprint density at radius 2 is 1.69 bits per heavy atom. The zero-order chi connectivity index (χ0) is 23.0. The van der Waals surface area contributed by atoms with Crippen LogP contribution in [0.3, 0.4) is 0 Å². The molecule has 3 aromatic rings. The van der Waals surface area contributed by atoms with Crippen LogP contribution >= 0.6 is 0 Å². The Morgan fingerprint density at radius 3 is 2.44 bits per heavy atom. The highest BCUT2D eigenvalue weighted by atomic mass is 19.1. The number of hydrogen-bond donors (Lipinski definition) is 1. The van der Waals surface area contributed by atoms with Gasteiger partial charge in [-0.2, -0.15) is 0 Å². The highest BCUT2D eigenvalue weighted by Gasteiger charge is 2.27. The summed E-state index contributed by atoms with van der Waals surface area (Å²) >= 11 is 0. The number of anilines is 1. The molecule has 0 spiro atoms. The van der Waals surface area contributed by atoms with Crippen molar-refractivity contribution in [3.8, 4) is 22.6 Å². The Morgan fingerprint density at radius 1 is 0.906 bits per heavy atom. The van der Waals surface area contributed by atoms with E-state index in [2.05, 4.69) is 57.3 Å². The second kappa shape index (κ2) is 8.34. The minimum absolute atomic E-state index is 0.142. The molecule has 0 aromatic heterocycles. The Labute approximate surface area is 189 Å². The highest BCUT2D eigenvalue weighted by Crippen LogP contribution is 2.43. The molecule has 32 heavy (non-hydrogen) atoms. The molecule has 0 fully saturated rings. The van der Waals surface area contributed by atoms with E-state index in [0.717, 1.165) is 44.8 Å². The van der Waals surface area contributed by atoms with Crippen molar-refractivity contribution in [2.24, 2.45) is 0 Å². The maximum Gasteiger partial charge on any atom is 0.126 e. The minimum Gasteiger partial charge on any atom is -0.496 e. The van der Waals surface area contributed by atoms with Crippen molar-refractivity contribution in [2.75, 3.05) is 12.4 Å². The molecule has 0 saturated heterocycles. The zero-order valence-corrected chi connectivity index (χ0v) is 19.6. The van der Waals surface area contributed by atoms with E-state index in [9.17, 15) is 4.39 Å². The minimum atomic E-state index is -0.305. The number of benzene rings is 3. The summed E-state index contributed by atoms with van der Waals surface area (Å²) < 4.78 is 25.8. The Kier molecular flexibility index (Phi) is 5.72. The molecule has 3 aromatic carbocycles. The van der Waals surface area contributed by atoms with Crippen LogP contribution in [-0.4, -0.2) is 12.6 Å². The molecule has 0 aliphatic carbocycles. The second-order valence-electron chi connectivity index (χ2n) is 9.09. The number of hydrogen-bond acceptors (Lipinski definition) is 3. The zero-order valence-electron chi connectivity index (χ0n) is 19.6. The molecule has 166 valence electrons. The summed E-state index contributed by atoms with van der Waals surface area (Å²) in [5, 5.41) is 3.62. The molecular weight excluding hydrogens is 401 g/mol. The van der Waals surface area contributed by atoms with Crippen LogP contribution in [0.1, 0.15) is 43.0 Å². The summed E-state index contributed by atoms with van der Waals surface area (Å²) in [7, 11) is 1.69. The van der Waals surface area contributed by atoms with Gasteiger partial charge >= 0.3 is 0 Å². The van der Waals surface area contributed by atoms with Crippen LogP contribution in [0.5, 0.6) is 11.5 Å². The van der Waals surface area contributed by atoms with Crippen molar-refractivity contribution in [3.63, 3.8) is 0 Å². The lowest BCUT2D eigenvalue weighted by Gasteiger charge is -2.33. The van der Waals surface area contributed by atoms with E-state index in [1.165, 1.54) is 17.7 Å². The van der Waals surface area contributed by atoms with Gasteiger partial charge in [0.1, 0.15) is 23.9 Å². The highest BCUT2D eigenvalue weighted by molar-refractivity contribution is 5.88. The van der Waals surface area contributed by atoms with Crippen LogP contribution in [0, 0.1) is 19.7 Å². The number of nitrogens with one attached hydrogen (secondary N) is 1. The van der Waals surface area contributed by atoms with Gasteiger partial charge in [-0.05, 0) is 75.6 Å². The average Bonchev–Trinajstić information content (AvgIpc) is 2.73. The number of ether oxygens (including phenoxy) is 2. The predicted octanol–water partition coefficient (Wildman–Crippen LogP) is 7.30. The molecule has 1 N–H and O–H groups in total. The Bertz CT molecular complexity index is 1210. The van der Waals surface area contributed by atoms with E-state index in [1.54, 1.807) is 13.2 Å². The van der Waals surface area contributed by atoms with Gasteiger partial charge in [-0.25, -0.2) is 4.39 Å². The fourth-order valence-electron chi connectivity index (χ4n) is 4.51. The fourth-order valence-corrected chi connectivity index (χ4v) is 4.51. The topological polar surface area (TPSA) is 30.5 Å². The lowest BCUT2D eigenvalue weighted by molar-refractivity contribution is 0.302. The third-order valence-electron chi connectivity index (χ3n) is 5.91. The maximum atomic E-state index is 13.9. The van der Waals surface area contributed by atoms with Gasteiger partial charge in [-0.3, -0.25) is 0 Å². The molecule has 0 bridgehead atoms. The number of allylic oxidation sites excluding steroid dienone is 1. The van der Waals surface area contributed by atoms with Crippen LogP contribution in [0.2, 0.25) is 0 Å². The smallest absolute Gasteiger partial charge is 0.126 e. The van der Waals surface area contributed by atoms with Crippen molar-refractivity contribution >= 4 is 11.3 Å². The van der Waals surface area contributed by atoms with Gasteiger partial charge in [-0.1, -0.05) is 29.8 Å². The number of halogens is 1. The molecule has 0 amide bonds. The van der Waals surface area contributed by atoms with Gasteiger partial charge in [0.05, 0.1) is 12.6 Å². The number of fused-ring (bicyclic) bond motifs is 1. The van der Waals surface area contributed by atoms with Crippen LogP contribution in [0.15, 0.2) is 54.6 Å². The lowest BCUT2D eigenvalue weighted by Crippen LogP contribution is -2.32. The summed E-state index contributed by atoms with van der Waals surface area (Å²) in [6.45, 7) is 10.8. The van der Waals surface area contributed by atoms with Crippen molar-refractivity contribution in [1.82, 2.24) is 0 Å². The van der Waals surface area contributed by atoms with Crippen molar-refractivity contribution in [3.05, 3.63) is 82.7 Å². The second-order valence-corrected chi connectivity index (χ2v) is 9.09. The first-order valence-electron chi connectivity index (χ1n) is 10.9. The van der Waals surface area contributed by atoms with Crippen molar-refractivity contribution in [2.45, 2.75) is 46.8 Å². The van der Waals surface area contributed by atoms with E-state index in [4.69, 9.17) is 9.47 Å². The summed E-state index contributed by atoms with van der Waals surface area (Å²) in [6.07, 6.45) is 2.24. The van der Waals surface area contributed by atoms with E-state index in [-0.39, 0.29) is 11.4 Å². The number of methoxy groups -OCH3 is 1. The Hall–Kier alpha value is -3.27. The third-order valence-corrected chi connectivity index (χ3v) is 5.91. The molecule has 0 radical (unpaired) electrons. The van der Waals surface area contributed by atoms with Gasteiger partial charge in [-0.15, -0.1) is 0 Å². The summed E-state index contributed by atoms with van der Waals surface area (Å²) in [5.74, 6) is 1.06. The fraction of sp³-hybridized carbons (Fsp3) is 0.286. The summed E-state index contributed by atoms with van der Waals surface area (Å²) in [5.41, 5.74) is 8.40. The number of aryl methyl sites for hydroxylation is 2. The van der Waals surface area contributed by atoms with Crippen LogP contribution < -0.4 is 14.8 Å². The average molecular weight is 432 g/mol. The number of rotatable bonds is 5. The van der Waals surface area contributed by atoms with Crippen LogP contribution in [0.4, 0.5) is 10.1 Å². The molecule has 0 atom stereocenters.